The summed E-state index contributed by atoms with van der Waals surface area (Å²) in [6, 6.07) is 7.48. The molecule has 6 heteroatoms. The van der Waals surface area contributed by atoms with Crippen LogP contribution in [-0.2, 0) is 22.4 Å². The highest BCUT2D eigenvalue weighted by Crippen LogP contribution is 2.34. The normalized spacial score (nSPS) is 22.6. The largest absolute Gasteiger partial charge is 0.481 e. The van der Waals surface area contributed by atoms with E-state index in [-0.39, 0.29) is 30.5 Å². The summed E-state index contributed by atoms with van der Waals surface area (Å²) in [5, 5.41) is 29.3. The first-order chi connectivity index (χ1) is 14.4. The molecular formula is C24H33FO5. The van der Waals surface area contributed by atoms with Crippen LogP contribution in [0, 0.1) is 11.8 Å². The standard InChI is InChI=1S/C24H33FO5/c25-13-12-17-6-5-7-18(14-17)15-19(26)10-11-21-20(22(27)16-23(21)28)8-3-1-2-4-9-24(29)30/h5-7,10-11,14,19-21,23,26,28H,1-4,8-9,12-13,15-16H2,(H,29,30)/t19-,20+,21+,23+/m0/s1. The van der Waals surface area contributed by atoms with E-state index in [2.05, 4.69) is 0 Å². The number of aryl methyl sites for hydroxylation is 1. The molecule has 1 aromatic carbocycles. The van der Waals surface area contributed by atoms with Gasteiger partial charge in [0.05, 0.1) is 18.9 Å². The number of benzene rings is 1. The molecule has 0 bridgehead atoms. The minimum atomic E-state index is -0.790. The molecule has 1 fully saturated rings. The Morgan fingerprint density at radius 2 is 1.93 bits per heavy atom. The summed E-state index contributed by atoms with van der Waals surface area (Å²) in [6.07, 6.45) is 6.79. The second-order valence-corrected chi connectivity index (χ2v) is 8.18. The van der Waals surface area contributed by atoms with Crippen LogP contribution in [0.4, 0.5) is 4.39 Å². The molecule has 1 saturated carbocycles. The minimum absolute atomic E-state index is 0.0519. The predicted octanol–water partition coefficient (Wildman–Crippen LogP) is 3.65. The molecule has 4 atom stereocenters. The Morgan fingerprint density at radius 3 is 2.67 bits per heavy atom. The van der Waals surface area contributed by atoms with Gasteiger partial charge >= 0.3 is 5.97 Å². The number of halogens is 1. The van der Waals surface area contributed by atoms with E-state index < -0.39 is 24.9 Å². The van der Waals surface area contributed by atoms with Gasteiger partial charge in [0.15, 0.2) is 0 Å². The number of alkyl halides is 1. The maximum atomic E-state index is 12.5. The molecule has 0 amide bonds. The van der Waals surface area contributed by atoms with Crippen LogP contribution < -0.4 is 0 Å². The van der Waals surface area contributed by atoms with Crippen LogP contribution in [-0.4, -0.2) is 46.0 Å². The highest BCUT2D eigenvalue weighted by atomic mass is 19.1. The van der Waals surface area contributed by atoms with Crippen LogP contribution in [0.1, 0.15) is 56.1 Å². The third kappa shape index (κ3) is 8.00. The molecule has 1 aromatic rings. The predicted molar refractivity (Wildman–Crippen MR) is 113 cm³/mol. The summed E-state index contributed by atoms with van der Waals surface area (Å²) in [6.45, 7) is -0.416. The third-order valence-electron chi connectivity index (χ3n) is 5.76. The van der Waals surface area contributed by atoms with Crippen molar-refractivity contribution in [3.8, 4) is 0 Å². The number of aliphatic hydroxyl groups excluding tert-OH is 2. The lowest BCUT2D eigenvalue weighted by molar-refractivity contribution is -0.137. The van der Waals surface area contributed by atoms with Gasteiger partial charge in [-0.05, 0) is 24.0 Å². The van der Waals surface area contributed by atoms with Gasteiger partial charge in [-0.2, -0.15) is 0 Å². The minimum Gasteiger partial charge on any atom is -0.481 e. The van der Waals surface area contributed by atoms with Crippen LogP contribution in [0.3, 0.4) is 0 Å². The van der Waals surface area contributed by atoms with Crippen molar-refractivity contribution in [2.24, 2.45) is 11.8 Å². The molecule has 0 saturated heterocycles. The Morgan fingerprint density at radius 1 is 1.20 bits per heavy atom. The number of unbranched alkanes of at least 4 members (excludes halogenated alkanes) is 3. The number of carbonyl (C=O) groups excluding carboxylic acids is 1. The molecular weight excluding hydrogens is 387 g/mol. The highest BCUT2D eigenvalue weighted by molar-refractivity contribution is 5.84. The number of aliphatic hydroxyl groups is 2. The number of carbonyl (C=O) groups is 2. The van der Waals surface area contributed by atoms with Gasteiger partial charge in [0.1, 0.15) is 5.78 Å². The van der Waals surface area contributed by atoms with E-state index in [0.29, 0.717) is 25.7 Å². The Bertz CT molecular complexity index is 717. The maximum absolute atomic E-state index is 12.5. The van der Waals surface area contributed by atoms with Gasteiger partial charge in [-0.15, -0.1) is 0 Å². The first kappa shape index (κ1) is 24.2. The summed E-state index contributed by atoms with van der Waals surface area (Å²) in [5.41, 5.74) is 1.81. The average Bonchev–Trinajstić information content (AvgIpc) is 2.95. The number of hydrogen-bond acceptors (Lipinski definition) is 4. The van der Waals surface area contributed by atoms with Crippen molar-refractivity contribution in [1.82, 2.24) is 0 Å². The Balaban J connectivity index is 1.85. The highest BCUT2D eigenvalue weighted by Gasteiger charge is 2.39. The van der Waals surface area contributed by atoms with Gasteiger partial charge < -0.3 is 15.3 Å². The van der Waals surface area contributed by atoms with Crippen molar-refractivity contribution in [3.63, 3.8) is 0 Å². The molecule has 0 heterocycles. The first-order valence-corrected chi connectivity index (χ1v) is 10.8. The monoisotopic (exact) mass is 420 g/mol. The molecule has 5 nitrogen and oxygen atoms in total. The van der Waals surface area contributed by atoms with Crippen molar-refractivity contribution in [2.75, 3.05) is 6.67 Å². The number of ketones is 1. The molecule has 0 spiro atoms. The summed E-state index contributed by atoms with van der Waals surface area (Å²) in [5.74, 6) is -1.29. The van der Waals surface area contributed by atoms with Crippen molar-refractivity contribution < 1.29 is 29.3 Å². The lowest BCUT2D eigenvalue weighted by atomic mass is 9.88. The van der Waals surface area contributed by atoms with E-state index in [1.54, 1.807) is 12.2 Å². The summed E-state index contributed by atoms with van der Waals surface area (Å²) in [4.78, 5) is 22.8. The van der Waals surface area contributed by atoms with Gasteiger partial charge in [0.25, 0.3) is 0 Å². The Hall–Kier alpha value is -2.05. The van der Waals surface area contributed by atoms with Crippen LogP contribution >= 0.6 is 0 Å². The number of carboxylic acids is 1. The van der Waals surface area contributed by atoms with Gasteiger partial charge in [-0.3, -0.25) is 14.0 Å². The van der Waals surface area contributed by atoms with Crippen LogP contribution in [0.5, 0.6) is 0 Å². The van der Waals surface area contributed by atoms with Crippen LogP contribution in [0.15, 0.2) is 36.4 Å². The quantitative estimate of drug-likeness (QED) is 0.334. The van der Waals surface area contributed by atoms with E-state index in [1.807, 2.05) is 24.3 Å². The van der Waals surface area contributed by atoms with E-state index >= 15 is 0 Å². The molecule has 0 aromatic heterocycles. The SMILES string of the molecule is O=C(O)CCCCCC[C@H]1C(=O)C[C@@H](O)[C@@H]1C=C[C@H](O)Cc1cccc(CCF)c1. The van der Waals surface area contributed by atoms with E-state index in [4.69, 9.17) is 5.11 Å². The first-order valence-electron chi connectivity index (χ1n) is 10.8. The van der Waals surface area contributed by atoms with Crippen LogP contribution in [0.25, 0.3) is 0 Å². The topological polar surface area (TPSA) is 94.8 Å². The molecule has 3 N–H and O–H groups in total. The second kappa shape index (κ2) is 12.6. The fourth-order valence-electron chi connectivity index (χ4n) is 4.17. The van der Waals surface area contributed by atoms with Crippen molar-refractivity contribution in [1.29, 1.82) is 0 Å². The van der Waals surface area contributed by atoms with Gasteiger partial charge in [-0.25, -0.2) is 0 Å². The summed E-state index contributed by atoms with van der Waals surface area (Å²) < 4.78 is 12.5. The zero-order chi connectivity index (χ0) is 21.9. The van der Waals surface area contributed by atoms with Crippen molar-refractivity contribution in [2.45, 2.75) is 70.0 Å². The average molecular weight is 421 g/mol. The van der Waals surface area contributed by atoms with Crippen molar-refractivity contribution >= 4 is 11.8 Å². The molecule has 0 aliphatic heterocycles. The summed E-state index contributed by atoms with van der Waals surface area (Å²) >= 11 is 0. The Labute approximate surface area is 177 Å². The van der Waals surface area contributed by atoms with Gasteiger partial charge in [0.2, 0.25) is 0 Å². The third-order valence-corrected chi connectivity index (χ3v) is 5.76. The molecule has 2 rings (SSSR count). The second-order valence-electron chi connectivity index (χ2n) is 8.18. The van der Waals surface area contributed by atoms with Gasteiger partial charge in [0, 0.05) is 37.5 Å². The number of rotatable bonds is 13. The zero-order valence-corrected chi connectivity index (χ0v) is 17.4. The molecule has 0 unspecified atom stereocenters. The van der Waals surface area contributed by atoms with Crippen molar-refractivity contribution in [3.05, 3.63) is 47.5 Å². The van der Waals surface area contributed by atoms with Gasteiger partial charge in [-0.1, -0.05) is 55.7 Å². The molecule has 1 aliphatic carbocycles. The summed E-state index contributed by atoms with van der Waals surface area (Å²) in [7, 11) is 0. The lowest BCUT2D eigenvalue weighted by Gasteiger charge is -2.18. The smallest absolute Gasteiger partial charge is 0.303 e. The fourth-order valence-corrected chi connectivity index (χ4v) is 4.17. The molecule has 1 aliphatic rings. The number of Topliss-reactive ketones (excluding diaryl/α,β-unsaturated/α-hetero) is 1. The molecule has 0 radical (unpaired) electrons. The zero-order valence-electron chi connectivity index (χ0n) is 17.4. The van der Waals surface area contributed by atoms with E-state index in [0.717, 1.165) is 30.4 Å². The lowest BCUT2D eigenvalue weighted by Crippen LogP contribution is -2.19. The maximum Gasteiger partial charge on any atom is 0.303 e. The van der Waals surface area contributed by atoms with E-state index in [1.165, 1.54) is 0 Å². The fraction of sp³-hybridized carbons (Fsp3) is 0.583. The molecule has 166 valence electrons. The molecule has 30 heavy (non-hydrogen) atoms. The van der Waals surface area contributed by atoms with E-state index in [9.17, 15) is 24.2 Å². The number of hydrogen-bond donors (Lipinski definition) is 3. The number of carboxylic acid groups (broad SMARTS) is 1. The van der Waals surface area contributed by atoms with Crippen LogP contribution in [0.2, 0.25) is 0 Å². The number of aliphatic carboxylic acids is 1. The Kier molecular flexibility index (Phi) is 10.2.